The lowest BCUT2D eigenvalue weighted by Crippen LogP contribution is -2.76. The number of oxime groups is 1. The molecule has 1 aromatic carbocycles. The highest BCUT2D eigenvalue weighted by atomic mass is 32.3. The summed E-state index contributed by atoms with van der Waals surface area (Å²) in [6.07, 6.45) is 0.981. The third-order valence-corrected chi connectivity index (χ3v) is 8.78. The zero-order valence-electron chi connectivity index (χ0n) is 33.4. The van der Waals surface area contributed by atoms with Gasteiger partial charge in [0.1, 0.15) is 35.3 Å². The van der Waals surface area contributed by atoms with E-state index >= 15 is 0 Å². The van der Waals surface area contributed by atoms with Crippen molar-refractivity contribution < 1.29 is 65.4 Å². The SMILES string of the molecule is CC(C)(C)OC(=O)NCCCn1cnc(-c2ccc(OCC(ON=C(C(=O)NC3C(=O)N(OS(=O)(=O)O)C3(C)C)c3csc(NC(=O)OC(C)(C)C)n3)C(=O)O)cc2)c1. The first-order valence-corrected chi connectivity index (χ1v) is 20.0. The van der Waals surface area contributed by atoms with Crippen molar-refractivity contribution in [1.82, 2.24) is 30.2 Å². The van der Waals surface area contributed by atoms with Gasteiger partial charge >= 0.3 is 28.6 Å². The van der Waals surface area contributed by atoms with Gasteiger partial charge in [-0.25, -0.2) is 24.4 Å². The van der Waals surface area contributed by atoms with Crippen LogP contribution in [0, 0.1) is 0 Å². The molecule has 0 saturated carbocycles. The summed E-state index contributed by atoms with van der Waals surface area (Å²) < 4.78 is 53.8. The Morgan fingerprint density at radius 2 is 1.68 bits per heavy atom. The average molecular weight is 867 g/mol. The number of carboxylic acid groups (broad SMARTS) is 1. The topological polar surface area (TPSA) is 288 Å². The highest BCUT2D eigenvalue weighted by molar-refractivity contribution is 7.80. The van der Waals surface area contributed by atoms with Gasteiger partial charge < -0.3 is 39.4 Å². The number of aromatic nitrogens is 3. The van der Waals surface area contributed by atoms with Crippen LogP contribution in [0.25, 0.3) is 11.3 Å². The van der Waals surface area contributed by atoms with Crippen LogP contribution in [0.15, 0.2) is 47.3 Å². The number of aryl methyl sites for hydroxylation is 1. The molecule has 1 fully saturated rings. The number of alkyl carbamates (subject to hydrolysis) is 1. The van der Waals surface area contributed by atoms with Crippen molar-refractivity contribution in [2.75, 3.05) is 18.5 Å². The van der Waals surface area contributed by atoms with E-state index in [4.69, 9.17) is 23.6 Å². The number of anilines is 1. The largest absolute Gasteiger partial charge is 0.489 e. The quantitative estimate of drug-likeness (QED) is 0.0427. The first-order chi connectivity index (χ1) is 27.3. The molecule has 22 nitrogen and oxygen atoms in total. The predicted octanol–water partition coefficient (Wildman–Crippen LogP) is 3.36. The van der Waals surface area contributed by atoms with Gasteiger partial charge in [-0.15, -0.1) is 15.6 Å². The van der Waals surface area contributed by atoms with Gasteiger partial charge in [-0.05, 0) is 86.1 Å². The Labute approximate surface area is 343 Å². The summed E-state index contributed by atoms with van der Waals surface area (Å²) in [4.78, 5) is 76.5. The van der Waals surface area contributed by atoms with Crippen molar-refractivity contribution in [3.63, 3.8) is 0 Å². The van der Waals surface area contributed by atoms with Crippen LogP contribution in [-0.2, 0) is 49.9 Å². The minimum absolute atomic E-state index is 0.0385. The van der Waals surface area contributed by atoms with E-state index in [0.29, 0.717) is 30.3 Å². The molecule has 2 unspecified atom stereocenters. The van der Waals surface area contributed by atoms with E-state index in [1.54, 1.807) is 72.1 Å². The number of nitrogens with one attached hydrogen (secondary N) is 3. The molecule has 1 aliphatic heterocycles. The van der Waals surface area contributed by atoms with Gasteiger partial charge in [0.2, 0.25) is 0 Å². The highest BCUT2D eigenvalue weighted by Gasteiger charge is 2.58. The van der Waals surface area contributed by atoms with E-state index in [1.165, 1.54) is 19.2 Å². The van der Waals surface area contributed by atoms with Gasteiger partial charge in [0.05, 0.1) is 17.6 Å². The number of hydrogen-bond donors (Lipinski definition) is 5. The average Bonchev–Trinajstić information content (AvgIpc) is 3.77. The van der Waals surface area contributed by atoms with Crippen LogP contribution in [0.4, 0.5) is 14.7 Å². The van der Waals surface area contributed by atoms with E-state index < -0.39 is 81.6 Å². The lowest BCUT2D eigenvalue weighted by atomic mass is 9.84. The number of imidazole rings is 1. The molecule has 59 heavy (non-hydrogen) atoms. The van der Waals surface area contributed by atoms with E-state index in [-0.39, 0.29) is 16.6 Å². The molecule has 1 aliphatic rings. The number of hydroxylamine groups is 2. The Balaban J connectivity index is 1.43. The molecule has 4 rings (SSSR count). The van der Waals surface area contributed by atoms with Crippen LogP contribution >= 0.6 is 11.3 Å². The number of β-lactam (4-membered cyclic amide) rings is 1. The number of rotatable bonds is 17. The summed E-state index contributed by atoms with van der Waals surface area (Å²) in [6, 6.07) is 5.17. The summed E-state index contributed by atoms with van der Waals surface area (Å²) in [5.41, 5.74) is -2.40. The molecular weight excluding hydrogens is 821 g/mol. The highest BCUT2D eigenvalue weighted by Crippen LogP contribution is 2.33. The number of thiazole rings is 1. The molecule has 3 aromatic rings. The molecule has 0 bridgehead atoms. The molecule has 2 atom stereocenters. The van der Waals surface area contributed by atoms with E-state index in [2.05, 4.69) is 35.4 Å². The Bertz CT molecular complexity index is 2160. The number of aliphatic carboxylic acids is 1. The number of carbonyl (C=O) groups excluding carboxylic acids is 4. The minimum atomic E-state index is -5.08. The molecule has 0 aliphatic carbocycles. The number of benzene rings is 1. The van der Waals surface area contributed by atoms with Gasteiger partial charge in [0.25, 0.3) is 17.9 Å². The summed E-state index contributed by atoms with van der Waals surface area (Å²) in [5.74, 6) is -3.42. The summed E-state index contributed by atoms with van der Waals surface area (Å²) in [5, 5.41) is 22.7. The monoisotopic (exact) mass is 866 g/mol. The number of hydrogen-bond acceptors (Lipinski definition) is 16. The molecule has 0 radical (unpaired) electrons. The van der Waals surface area contributed by atoms with Gasteiger partial charge in [-0.2, -0.15) is 13.5 Å². The van der Waals surface area contributed by atoms with E-state index in [0.717, 1.165) is 16.9 Å². The van der Waals surface area contributed by atoms with Crippen molar-refractivity contribution in [2.24, 2.45) is 5.16 Å². The zero-order valence-corrected chi connectivity index (χ0v) is 35.0. The lowest BCUT2D eigenvalue weighted by Gasteiger charge is -2.50. The smallest absolute Gasteiger partial charge is 0.418 e. The van der Waals surface area contributed by atoms with Crippen molar-refractivity contribution in [3.8, 4) is 17.0 Å². The van der Waals surface area contributed by atoms with Crippen molar-refractivity contribution in [3.05, 3.63) is 47.9 Å². The van der Waals surface area contributed by atoms with Gasteiger partial charge in [-0.1, -0.05) is 5.16 Å². The van der Waals surface area contributed by atoms with Crippen LogP contribution in [-0.4, -0.2) is 115 Å². The van der Waals surface area contributed by atoms with Crippen molar-refractivity contribution in [2.45, 2.75) is 97.2 Å². The van der Waals surface area contributed by atoms with Crippen molar-refractivity contribution >= 4 is 62.5 Å². The van der Waals surface area contributed by atoms with Crippen LogP contribution in [0.2, 0.25) is 0 Å². The second-order valence-corrected chi connectivity index (χ2v) is 17.2. The molecule has 4 amide bonds. The standard InChI is InChI=1S/C35H46N8O14S2/c1-33(2,3)54-31(48)36-14-9-15-42-16-22(37-19-42)20-10-12-21(13-11-20)53-17-24(29(46)47)56-41-25(23-18-58-30(38-23)40-32(49)55-34(4,5)6)27(44)39-26-28(45)43(35(26,7)8)57-59(50,51)52/h10-13,16,18-19,24,26H,9,14-15,17H2,1-8H3,(H,36,48)(H,39,44)(H,46,47)(H,38,40,49)(H,50,51,52). The maximum absolute atomic E-state index is 13.6. The van der Waals surface area contributed by atoms with Gasteiger partial charge in [0, 0.05) is 30.2 Å². The number of amides is 4. The third-order valence-electron chi connectivity index (χ3n) is 7.68. The number of ether oxygens (including phenoxy) is 3. The fourth-order valence-electron chi connectivity index (χ4n) is 5.01. The molecule has 322 valence electrons. The third kappa shape index (κ3) is 13.6. The first-order valence-electron chi connectivity index (χ1n) is 17.8. The summed E-state index contributed by atoms with van der Waals surface area (Å²) in [7, 11) is -5.08. The Hall–Kier alpha value is -5.85. The van der Waals surface area contributed by atoms with Crippen LogP contribution in [0.1, 0.15) is 67.5 Å². The van der Waals surface area contributed by atoms with Crippen LogP contribution < -0.4 is 20.7 Å². The van der Waals surface area contributed by atoms with Gasteiger partial charge in [0.15, 0.2) is 10.8 Å². The Morgan fingerprint density at radius 1 is 1.03 bits per heavy atom. The molecule has 3 heterocycles. The van der Waals surface area contributed by atoms with E-state index in [9.17, 15) is 37.5 Å². The van der Waals surface area contributed by atoms with Crippen LogP contribution in [0.3, 0.4) is 0 Å². The second kappa shape index (κ2) is 18.4. The normalized spacial score (nSPS) is 16.0. The van der Waals surface area contributed by atoms with E-state index in [1.807, 2.05) is 10.8 Å². The maximum atomic E-state index is 13.6. The number of carboxylic acids is 1. The predicted molar refractivity (Wildman–Crippen MR) is 209 cm³/mol. The number of nitrogens with zero attached hydrogens (tertiary/aromatic N) is 5. The van der Waals surface area contributed by atoms with Gasteiger partial charge in [-0.3, -0.25) is 19.5 Å². The molecule has 1 saturated heterocycles. The van der Waals surface area contributed by atoms with Crippen LogP contribution in [0.5, 0.6) is 5.75 Å². The fraction of sp³-hybridized carbons (Fsp3) is 0.486. The summed E-state index contributed by atoms with van der Waals surface area (Å²) in [6.45, 7) is 13.3. The maximum Gasteiger partial charge on any atom is 0.418 e. The molecule has 2 aromatic heterocycles. The molecule has 0 spiro atoms. The first kappa shape index (κ1) is 45.8. The minimum Gasteiger partial charge on any atom is -0.489 e. The Morgan fingerprint density at radius 3 is 2.27 bits per heavy atom. The lowest BCUT2D eigenvalue weighted by molar-refractivity contribution is -0.218. The molecule has 24 heteroatoms. The number of carbonyl (C=O) groups is 5. The Kier molecular flexibility index (Phi) is 14.3. The molecular formula is C35H46N8O14S2. The summed E-state index contributed by atoms with van der Waals surface area (Å²) >= 11 is 0.857. The van der Waals surface area contributed by atoms with Crippen molar-refractivity contribution in [1.29, 1.82) is 0 Å². The zero-order chi connectivity index (χ0) is 43.9. The fourth-order valence-corrected chi connectivity index (χ4v) is 6.14. The second-order valence-electron chi connectivity index (χ2n) is 15.3. The molecule has 5 N–H and O–H groups in total.